The summed E-state index contributed by atoms with van der Waals surface area (Å²) in [6.45, 7) is 2.12. The Labute approximate surface area is 123 Å². The van der Waals surface area contributed by atoms with Gasteiger partial charge in [0, 0.05) is 5.56 Å². The summed E-state index contributed by atoms with van der Waals surface area (Å²) in [5.41, 5.74) is 4.14. The van der Waals surface area contributed by atoms with Gasteiger partial charge in [-0.25, -0.2) is 4.68 Å². The van der Waals surface area contributed by atoms with E-state index >= 15 is 0 Å². The van der Waals surface area contributed by atoms with Crippen molar-refractivity contribution in [2.45, 2.75) is 13.3 Å². The van der Waals surface area contributed by atoms with Gasteiger partial charge in [-0.05, 0) is 24.1 Å². The molecule has 0 N–H and O–H groups in total. The van der Waals surface area contributed by atoms with E-state index in [1.165, 1.54) is 5.56 Å². The molecule has 0 aliphatic carbocycles. The van der Waals surface area contributed by atoms with Crippen LogP contribution < -0.4 is 0 Å². The minimum Gasteiger partial charge on any atom is -0.296 e. The zero-order chi connectivity index (χ0) is 14.7. The maximum absolute atomic E-state index is 11.2. The summed E-state index contributed by atoms with van der Waals surface area (Å²) in [6.07, 6.45) is 1.73. The van der Waals surface area contributed by atoms with Crippen LogP contribution in [0.1, 0.15) is 23.0 Å². The number of hydrogen-bond donors (Lipinski definition) is 0. The van der Waals surface area contributed by atoms with Crippen LogP contribution in [0.3, 0.4) is 0 Å². The number of carbonyl (C=O) groups is 1. The first-order chi connectivity index (χ1) is 10.3. The highest BCUT2D eigenvalue weighted by molar-refractivity contribution is 5.83. The lowest BCUT2D eigenvalue weighted by atomic mass is 10.1. The Balaban J connectivity index is 2.15. The molecule has 0 bridgehead atoms. The third-order valence-corrected chi connectivity index (χ3v) is 3.44. The minimum atomic E-state index is 0.348. The Morgan fingerprint density at radius 1 is 1.05 bits per heavy atom. The number of aromatic nitrogens is 3. The van der Waals surface area contributed by atoms with Gasteiger partial charge < -0.3 is 0 Å². The molecule has 0 aliphatic rings. The predicted molar refractivity (Wildman–Crippen MR) is 81.6 cm³/mol. The van der Waals surface area contributed by atoms with Crippen LogP contribution in [0, 0.1) is 0 Å². The van der Waals surface area contributed by atoms with E-state index in [0.717, 1.165) is 29.7 Å². The molecule has 0 atom stereocenters. The Morgan fingerprint density at radius 2 is 1.76 bits per heavy atom. The molecule has 2 aromatic carbocycles. The summed E-state index contributed by atoms with van der Waals surface area (Å²) in [5.74, 6) is 0. The van der Waals surface area contributed by atoms with Crippen molar-refractivity contribution >= 4 is 6.29 Å². The van der Waals surface area contributed by atoms with Crippen LogP contribution >= 0.6 is 0 Å². The van der Waals surface area contributed by atoms with Crippen molar-refractivity contribution in [2.24, 2.45) is 0 Å². The molecule has 0 saturated carbocycles. The van der Waals surface area contributed by atoms with Crippen LogP contribution in [0.4, 0.5) is 0 Å². The minimum absolute atomic E-state index is 0.348. The fourth-order valence-corrected chi connectivity index (χ4v) is 2.29. The molecule has 0 unspecified atom stereocenters. The van der Waals surface area contributed by atoms with Crippen molar-refractivity contribution in [3.63, 3.8) is 0 Å². The van der Waals surface area contributed by atoms with Crippen molar-refractivity contribution < 1.29 is 4.79 Å². The summed E-state index contributed by atoms with van der Waals surface area (Å²) >= 11 is 0. The number of carbonyl (C=O) groups excluding carboxylic acids is 1. The SMILES string of the molecule is CCc1ccc(-n2nnc(C=O)c2-c2ccccc2)cc1. The highest BCUT2D eigenvalue weighted by Gasteiger charge is 2.15. The zero-order valence-electron chi connectivity index (χ0n) is 11.7. The smallest absolute Gasteiger partial charge is 0.172 e. The molecule has 0 amide bonds. The van der Waals surface area contributed by atoms with E-state index in [4.69, 9.17) is 0 Å². The topological polar surface area (TPSA) is 47.8 Å². The standard InChI is InChI=1S/C17H15N3O/c1-2-13-8-10-15(11-9-13)20-17(16(12-21)18-19-20)14-6-4-3-5-7-14/h3-12H,2H2,1H3. The predicted octanol–water partition coefficient (Wildman–Crippen LogP) is 3.31. The van der Waals surface area contributed by atoms with E-state index in [2.05, 4.69) is 29.4 Å². The average Bonchev–Trinajstić information content (AvgIpc) is 2.99. The average molecular weight is 277 g/mol. The van der Waals surface area contributed by atoms with Gasteiger partial charge in [-0.1, -0.05) is 54.6 Å². The van der Waals surface area contributed by atoms with Gasteiger partial charge in [-0.2, -0.15) is 0 Å². The van der Waals surface area contributed by atoms with E-state index in [1.54, 1.807) is 4.68 Å². The van der Waals surface area contributed by atoms with Crippen molar-refractivity contribution in [2.75, 3.05) is 0 Å². The third kappa shape index (κ3) is 2.48. The van der Waals surface area contributed by atoms with Crippen molar-refractivity contribution in [1.82, 2.24) is 15.0 Å². The van der Waals surface area contributed by atoms with Crippen LogP contribution in [0.5, 0.6) is 0 Å². The lowest BCUT2D eigenvalue weighted by molar-refractivity contribution is 0.111. The first-order valence-corrected chi connectivity index (χ1v) is 6.89. The fraction of sp³-hybridized carbons (Fsp3) is 0.118. The Kier molecular flexibility index (Phi) is 3.60. The van der Waals surface area contributed by atoms with Gasteiger partial charge in [-0.15, -0.1) is 5.10 Å². The number of rotatable bonds is 4. The second-order valence-electron chi connectivity index (χ2n) is 4.74. The summed E-state index contributed by atoms with van der Waals surface area (Å²) in [6, 6.07) is 17.8. The molecular weight excluding hydrogens is 262 g/mol. The number of nitrogens with zero attached hydrogens (tertiary/aromatic N) is 3. The van der Waals surface area contributed by atoms with E-state index in [-0.39, 0.29) is 0 Å². The quantitative estimate of drug-likeness (QED) is 0.687. The van der Waals surface area contributed by atoms with Gasteiger partial charge in [0.1, 0.15) is 5.69 Å². The van der Waals surface area contributed by atoms with Gasteiger partial charge in [-0.3, -0.25) is 4.79 Å². The monoisotopic (exact) mass is 277 g/mol. The second-order valence-corrected chi connectivity index (χ2v) is 4.74. The van der Waals surface area contributed by atoms with Crippen LogP contribution in [0.2, 0.25) is 0 Å². The van der Waals surface area contributed by atoms with E-state index in [1.807, 2.05) is 42.5 Å². The molecule has 0 aliphatic heterocycles. The molecule has 4 heteroatoms. The van der Waals surface area contributed by atoms with Crippen LogP contribution in [-0.2, 0) is 6.42 Å². The van der Waals surface area contributed by atoms with Crippen molar-refractivity contribution in [3.05, 3.63) is 65.9 Å². The lowest BCUT2D eigenvalue weighted by Crippen LogP contribution is -2.00. The molecular formula is C17H15N3O. The normalized spacial score (nSPS) is 10.5. The van der Waals surface area contributed by atoms with Gasteiger partial charge in [0.2, 0.25) is 0 Å². The Morgan fingerprint density at radius 3 is 2.38 bits per heavy atom. The number of hydrogen-bond acceptors (Lipinski definition) is 3. The number of aldehydes is 1. The molecule has 3 aromatic rings. The maximum atomic E-state index is 11.2. The Bertz CT molecular complexity index is 745. The first-order valence-electron chi connectivity index (χ1n) is 6.89. The Hall–Kier alpha value is -2.75. The molecule has 0 saturated heterocycles. The van der Waals surface area contributed by atoms with Crippen LogP contribution in [0.15, 0.2) is 54.6 Å². The van der Waals surface area contributed by atoms with E-state index < -0.39 is 0 Å². The molecule has 104 valence electrons. The molecule has 1 aromatic heterocycles. The molecule has 0 radical (unpaired) electrons. The highest BCUT2D eigenvalue weighted by atomic mass is 16.1. The summed E-state index contributed by atoms with van der Waals surface area (Å²) in [5, 5.41) is 8.10. The summed E-state index contributed by atoms with van der Waals surface area (Å²) in [7, 11) is 0. The first kappa shape index (κ1) is 13.2. The van der Waals surface area contributed by atoms with Gasteiger partial charge in [0.05, 0.1) is 5.69 Å². The summed E-state index contributed by atoms with van der Waals surface area (Å²) < 4.78 is 1.71. The van der Waals surface area contributed by atoms with Crippen molar-refractivity contribution in [3.8, 4) is 16.9 Å². The largest absolute Gasteiger partial charge is 0.296 e. The molecule has 0 spiro atoms. The summed E-state index contributed by atoms with van der Waals surface area (Å²) in [4.78, 5) is 11.2. The third-order valence-electron chi connectivity index (χ3n) is 3.44. The van der Waals surface area contributed by atoms with Gasteiger partial charge in [0.15, 0.2) is 12.0 Å². The van der Waals surface area contributed by atoms with E-state index in [9.17, 15) is 4.79 Å². The zero-order valence-corrected chi connectivity index (χ0v) is 11.7. The molecule has 4 nitrogen and oxygen atoms in total. The van der Waals surface area contributed by atoms with Crippen LogP contribution in [-0.4, -0.2) is 21.3 Å². The van der Waals surface area contributed by atoms with Crippen LogP contribution in [0.25, 0.3) is 16.9 Å². The maximum Gasteiger partial charge on any atom is 0.172 e. The molecule has 3 rings (SSSR count). The number of benzene rings is 2. The molecule has 0 fully saturated rings. The van der Waals surface area contributed by atoms with Gasteiger partial charge in [0.25, 0.3) is 0 Å². The lowest BCUT2D eigenvalue weighted by Gasteiger charge is -2.07. The number of aryl methyl sites for hydroxylation is 1. The highest BCUT2D eigenvalue weighted by Crippen LogP contribution is 2.24. The fourth-order valence-electron chi connectivity index (χ4n) is 2.29. The van der Waals surface area contributed by atoms with Gasteiger partial charge >= 0.3 is 0 Å². The second kappa shape index (κ2) is 5.71. The molecule has 1 heterocycles. The van der Waals surface area contributed by atoms with Crippen molar-refractivity contribution in [1.29, 1.82) is 0 Å². The molecule has 21 heavy (non-hydrogen) atoms. The van der Waals surface area contributed by atoms with E-state index in [0.29, 0.717) is 5.69 Å².